The Morgan fingerprint density at radius 1 is 0.946 bits per heavy atom. The molecule has 0 N–H and O–H groups in total. The maximum absolute atomic E-state index is 13.2. The molecule has 1 aliphatic heterocycles. The van der Waals surface area contributed by atoms with Crippen molar-refractivity contribution in [3.05, 3.63) is 82.7 Å². The maximum atomic E-state index is 13.2. The molecule has 0 saturated carbocycles. The number of aromatic nitrogens is 4. The summed E-state index contributed by atoms with van der Waals surface area (Å²) in [5.74, 6) is 0.322. The number of thioether (sulfide) groups is 1. The molecule has 0 aliphatic carbocycles. The molecule has 6 nitrogen and oxygen atoms in total. The van der Waals surface area contributed by atoms with E-state index in [0.29, 0.717) is 5.16 Å². The molecule has 7 heteroatoms. The van der Waals surface area contributed by atoms with Crippen molar-refractivity contribution in [3.63, 3.8) is 0 Å². The third kappa shape index (κ3) is 5.68. The minimum absolute atomic E-state index is 0.0692. The van der Waals surface area contributed by atoms with Gasteiger partial charge in [-0.2, -0.15) is 0 Å². The molecule has 37 heavy (non-hydrogen) atoms. The maximum Gasteiger partial charge on any atom is 0.210 e. The number of carbonyl (C=O) groups excluding carboxylic acids is 1. The molecule has 0 unspecified atom stereocenters. The Morgan fingerprint density at radius 3 is 2.22 bits per heavy atom. The monoisotopic (exact) mass is 512 g/mol. The summed E-state index contributed by atoms with van der Waals surface area (Å²) < 4.78 is 8.02. The molecule has 190 valence electrons. The van der Waals surface area contributed by atoms with Gasteiger partial charge in [0.2, 0.25) is 5.16 Å². The van der Waals surface area contributed by atoms with Crippen molar-refractivity contribution in [2.24, 2.45) is 0 Å². The second-order valence-electron chi connectivity index (χ2n) is 9.77. The van der Waals surface area contributed by atoms with E-state index in [-0.39, 0.29) is 17.6 Å². The van der Waals surface area contributed by atoms with Crippen LogP contribution in [-0.4, -0.2) is 44.0 Å². The van der Waals surface area contributed by atoms with E-state index in [4.69, 9.17) is 9.72 Å². The fraction of sp³-hybridized carbons (Fsp3) is 0.333. The van der Waals surface area contributed by atoms with Gasteiger partial charge in [0.05, 0.1) is 11.9 Å². The lowest BCUT2D eigenvalue weighted by molar-refractivity contribution is 0.0957. The second-order valence-corrected chi connectivity index (χ2v) is 10.7. The van der Waals surface area contributed by atoms with E-state index in [1.807, 2.05) is 25.1 Å². The summed E-state index contributed by atoms with van der Waals surface area (Å²) in [6.45, 7) is 9.82. The number of benzene rings is 2. The number of rotatable bonds is 8. The van der Waals surface area contributed by atoms with E-state index in [2.05, 4.69) is 71.9 Å². The largest absolute Gasteiger partial charge is 0.376 e. The van der Waals surface area contributed by atoms with Gasteiger partial charge in [0.15, 0.2) is 5.78 Å². The van der Waals surface area contributed by atoms with Gasteiger partial charge in [-0.05, 0) is 46.6 Å². The van der Waals surface area contributed by atoms with Crippen LogP contribution in [0.5, 0.6) is 0 Å². The normalized spacial score (nSPS) is 15.3. The van der Waals surface area contributed by atoms with Crippen LogP contribution in [0.3, 0.4) is 0 Å². The lowest BCUT2D eigenvalue weighted by Crippen LogP contribution is -2.17. The molecule has 0 bridgehead atoms. The van der Waals surface area contributed by atoms with Gasteiger partial charge >= 0.3 is 0 Å². The first-order valence-electron chi connectivity index (χ1n) is 12.7. The molecule has 0 radical (unpaired) electrons. The second kappa shape index (κ2) is 11.0. The number of ketones is 1. The summed E-state index contributed by atoms with van der Waals surface area (Å²) in [6, 6.07) is 18.4. The van der Waals surface area contributed by atoms with Gasteiger partial charge in [-0.1, -0.05) is 71.4 Å². The Bertz CT molecular complexity index is 1410. The van der Waals surface area contributed by atoms with Crippen LogP contribution >= 0.6 is 11.8 Å². The molecule has 1 saturated heterocycles. The molecule has 3 heterocycles. The van der Waals surface area contributed by atoms with Gasteiger partial charge in [0.25, 0.3) is 0 Å². The smallest absolute Gasteiger partial charge is 0.210 e. The minimum Gasteiger partial charge on any atom is -0.376 e. The zero-order valence-electron chi connectivity index (χ0n) is 21.8. The number of carbonyl (C=O) groups is 1. The standard InChI is InChI=1S/C30H32N4O2S/c1-19-7-11-23(12-8-19)28-29(24-13-9-20(2)10-14-24)32-33-30(31-28)37-18-27(35)26-16-21(3)34(22(26)4)17-25-6-5-15-36-25/h7-14,16,25H,5-6,15,17-18H2,1-4H3/t25-/m0/s1. The molecule has 5 rings (SSSR count). The van der Waals surface area contributed by atoms with Crippen LogP contribution in [-0.2, 0) is 11.3 Å². The molecule has 1 atom stereocenters. The molecule has 1 aliphatic rings. The van der Waals surface area contributed by atoms with Gasteiger partial charge in [0, 0.05) is 41.2 Å². The quantitative estimate of drug-likeness (QED) is 0.201. The van der Waals surface area contributed by atoms with Gasteiger partial charge < -0.3 is 9.30 Å². The van der Waals surface area contributed by atoms with Crippen molar-refractivity contribution in [3.8, 4) is 22.5 Å². The average Bonchev–Trinajstić information content (AvgIpc) is 3.52. The summed E-state index contributed by atoms with van der Waals surface area (Å²) in [4.78, 5) is 18.1. The zero-order chi connectivity index (χ0) is 25.9. The molecule has 1 fully saturated rings. The Balaban J connectivity index is 1.38. The first-order chi connectivity index (χ1) is 17.9. The lowest BCUT2D eigenvalue weighted by Gasteiger charge is -2.14. The first-order valence-corrected chi connectivity index (χ1v) is 13.7. The van der Waals surface area contributed by atoms with Crippen molar-refractivity contribution in [2.45, 2.75) is 58.3 Å². The Labute approximate surface area is 222 Å². The van der Waals surface area contributed by atoms with Crippen LogP contribution in [0, 0.1) is 27.7 Å². The highest BCUT2D eigenvalue weighted by molar-refractivity contribution is 7.99. The van der Waals surface area contributed by atoms with Gasteiger partial charge in [0.1, 0.15) is 11.4 Å². The van der Waals surface area contributed by atoms with Crippen molar-refractivity contribution in [2.75, 3.05) is 12.4 Å². The molecule has 2 aromatic carbocycles. The Hall–Kier alpha value is -3.29. The number of aryl methyl sites for hydroxylation is 3. The molecular formula is C30H32N4O2S. The third-order valence-corrected chi connectivity index (χ3v) is 7.77. The third-order valence-electron chi connectivity index (χ3n) is 6.93. The van der Waals surface area contributed by atoms with Crippen LogP contribution < -0.4 is 0 Å². The Morgan fingerprint density at radius 2 is 1.59 bits per heavy atom. The number of ether oxygens (including phenoxy) is 1. The van der Waals surface area contributed by atoms with Crippen molar-refractivity contribution in [1.29, 1.82) is 0 Å². The van der Waals surface area contributed by atoms with E-state index in [9.17, 15) is 4.79 Å². The van der Waals surface area contributed by atoms with Crippen molar-refractivity contribution < 1.29 is 9.53 Å². The fourth-order valence-corrected chi connectivity index (χ4v) is 5.43. The zero-order valence-corrected chi connectivity index (χ0v) is 22.6. The number of hydrogen-bond acceptors (Lipinski definition) is 6. The summed E-state index contributed by atoms with van der Waals surface area (Å²) in [7, 11) is 0. The SMILES string of the molecule is Cc1ccc(-c2nnc(SCC(=O)c3cc(C)n(C[C@@H]4CCCO4)c3C)nc2-c2ccc(C)cc2)cc1. The van der Waals surface area contributed by atoms with Gasteiger partial charge in [-0.15, -0.1) is 10.2 Å². The lowest BCUT2D eigenvalue weighted by atomic mass is 10.0. The summed E-state index contributed by atoms with van der Waals surface area (Å²) >= 11 is 1.33. The highest BCUT2D eigenvalue weighted by Gasteiger charge is 2.22. The molecule has 0 amide bonds. The predicted octanol–water partition coefficient (Wildman–Crippen LogP) is 6.39. The highest BCUT2D eigenvalue weighted by atomic mass is 32.2. The Kier molecular flexibility index (Phi) is 7.53. The highest BCUT2D eigenvalue weighted by Crippen LogP contribution is 2.31. The van der Waals surface area contributed by atoms with E-state index >= 15 is 0 Å². The molecule has 4 aromatic rings. The van der Waals surface area contributed by atoms with E-state index in [1.54, 1.807) is 0 Å². The van der Waals surface area contributed by atoms with Crippen molar-refractivity contribution >= 4 is 17.5 Å². The van der Waals surface area contributed by atoms with E-state index < -0.39 is 0 Å². The van der Waals surface area contributed by atoms with Crippen LogP contribution in [0.2, 0.25) is 0 Å². The topological polar surface area (TPSA) is 69.9 Å². The fourth-order valence-electron chi connectivity index (χ4n) is 4.75. The van der Waals surface area contributed by atoms with Crippen LogP contribution in [0.15, 0.2) is 59.8 Å². The molecule has 2 aromatic heterocycles. The van der Waals surface area contributed by atoms with Crippen LogP contribution in [0.25, 0.3) is 22.5 Å². The average molecular weight is 513 g/mol. The molecular weight excluding hydrogens is 480 g/mol. The minimum atomic E-state index is 0.0692. The summed E-state index contributed by atoms with van der Waals surface area (Å²) in [5, 5.41) is 9.44. The van der Waals surface area contributed by atoms with Gasteiger partial charge in [-0.3, -0.25) is 4.79 Å². The number of hydrogen-bond donors (Lipinski definition) is 0. The van der Waals surface area contributed by atoms with E-state index in [0.717, 1.165) is 65.5 Å². The summed E-state index contributed by atoms with van der Waals surface area (Å²) in [5.41, 5.74) is 8.64. The first kappa shape index (κ1) is 25.4. The molecule has 0 spiro atoms. The summed E-state index contributed by atoms with van der Waals surface area (Å²) in [6.07, 6.45) is 2.41. The van der Waals surface area contributed by atoms with Crippen LogP contribution in [0.1, 0.15) is 45.7 Å². The van der Waals surface area contributed by atoms with E-state index in [1.165, 1.54) is 22.9 Å². The van der Waals surface area contributed by atoms with Crippen LogP contribution in [0.4, 0.5) is 0 Å². The predicted molar refractivity (Wildman–Crippen MR) is 148 cm³/mol. The van der Waals surface area contributed by atoms with Gasteiger partial charge in [-0.25, -0.2) is 4.98 Å². The number of nitrogens with zero attached hydrogens (tertiary/aromatic N) is 4. The number of Topliss-reactive ketones (excluding diaryl/α,β-unsaturated/α-hetero) is 1. The van der Waals surface area contributed by atoms with Crippen molar-refractivity contribution in [1.82, 2.24) is 19.7 Å².